The molecule has 1 heteroatoms. The molecule has 0 radical (unpaired) electrons. The summed E-state index contributed by atoms with van der Waals surface area (Å²) in [4.78, 5) is 2.61. The first-order valence-corrected chi connectivity index (χ1v) is 9.44. The molecule has 0 aromatic heterocycles. The van der Waals surface area contributed by atoms with Gasteiger partial charge in [0.2, 0.25) is 0 Å². The van der Waals surface area contributed by atoms with Crippen molar-refractivity contribution in [3.63, 3.8) is 0 Å². The van der Waals surface area contributed by atoms with Crippen LogP contribution in [-0.2, 0) is 11.8 Å². The molecule has 1 saturated heterocycles. The van der Waals surface area contributed by atoms with E-state index in [-0.39, 0.29) is 5.41 Å². The second-order valence-corrected chi connectivity index (χ2v) is 8.18. The van der Waals surface area contributed by atoms with E-state index in [0.717, 1.165) is 0 Å². The third kappa shape index (κ3) is 4.48. The van der Waals surface area contributed by atoms with Gasteiger partial charge in [0.15, 0.2) is 0 Å². The summed E-state index contributed by atoms with van der Waals surface area (Å²) >= 11 is 0. The molecule has 1 aliphatic rings. The average molecular weight is 322 g/mol. The van der Waals surface area contributed by atoms with Crippen LogP contribution in [0.2, 0.25) is 0 Å². The monoisotopic (exact) mass is 321 g/mol. The van der Waals surface area contributed by atoms with Gasteiger partial charge in [0, 0.05) is 6.54 Å². The molecule has 0 saturated carbocycles. The quantitative estimate of drug-likeness (QED) is 0.700. The van der Waals surface area contributed by atoms with Crippen LogP contribution in [0.3, 0.4) is 0 Å². The summed E-state index contributed by atoms with van der Waals surface area (Å²) in [5.41, 5.74) is 5.69. The van der Waals surface area contributed by atoms with Crippen LogP contribution in [0.4, 0.5) is 0 Å². The lowest BCUT2D eigenvalue weighted by atomic mass is 9.86. The highest BCUT2D eigenvalue weighted by atomic mass is 15.1. The highest BCUT2D eigenvalue weighted by Crippen LogP contribution is 2.26. The summed E-state index contributed by atoms with van der Waals surface area (Å²) in [6.07, 6.45) is 5.34. The molecular weight excluding hydrogens is 290 g/mol. The van der Waals surface area contributed by atoms with Crippen molar-refractivity contribution in [3.8, 4) is 11.1 Å². The molecule has 3 rings (SSSR count). The molecule has 0 bridgehead atoms. The Morgan fingerprint density at radius 3 is 1.83 bits per heavy atom. The predicted molar refractivity (Wildman–Crippen MR) is 105 cm³/mol. The molecule has 2 aromatic rings. The number of hydrogen-bond acceptors (Lipinski definition) is 1. The first-order valence-electron chi connectivity index (χ1n) is 9.44. The lowest BCUT2D eigenvalue weighted by molar-refractivity contribution is 0.231. The third-order valence-electron chi connectivity index (χ3n) is 5.20. The zero-order valence-electron chi connectivity index (χ0n) is 15.5. The van der Waals surface area contributed by atoms with Gasteiger partial charge in [-0.3, -0.25) is 0 Å². The zero-order valence-corrected chi connectivity index (χ0v) is 15.5. The van der Waals surface area contributed by atoms with E-state index in [1.165, 1.54) is 67.6 Å². The van der Waals surface area contributed by atoms with Gasteiger partial charge in [-0.1, -0.05) is 75.7 Å². The standard InChI is InChI=1S/C23H31N/c1-23(2,3)22-13-11-21(12-14-22)20-9-7-19(8-10-20)15-18-24-16-5-4-6-17-24/h7-14H,4-6,15-18H2,1-3H3. The van der Waals surface area contributed by atoms with Gasteiger partial charge in [-0.15, -0.1) is 0 Å². The molecule has 0 amide bonds. The molecule has 1 nitrogen and oxygen atoms in total. The first-order chi connectivity index (χ1) is 11.5. The number of nitrogens with zero attached hydrogens (tertiary/aromatic N) is 1. The molecule has 0 spiro atoms. The van der Waals surface area contributed by atoms with Crippen LogP contribution in [0.5, 0.6) is 0 Å². The number of rotatable bonds is 4. The highest BCUT2D eigenvalue weighted by molar-refractivity contribution is 5.64. The molecule has 128 valence electrons. The van der Waals surface area contributed by atoms with Crippen LogP contribution >= 0.6 is 0 Å². The van der Waals surface area contributed by atoms with Crippen molar-refractivity contribution in [2.45, 2.75) is 51.9 Å². The fraction of sp³-hybridized carbons (Fsp3) is 0.478. The summed E-state index contributed by atoms with van der Waals surface area (Å²) in [5.74, 6) is 0. The van der Waals surface area contributed by atoms with Gasteiger partial charge in [-0.05, 0) is 60.0 Å². The maximum Gasteiger partial charge on any atom is 0.00218 e. The van der Waals surface area contributed by atoms with E-state index >= 15 is 0 Å². The summed E-state index contributed by atoms with van der Waals surface area (Å²) in [7, 11) is 0. The number of piperidine rings is 1. The van der Waals surface area contributed by atoms with Crippen molar-refractivity contribution < 1.29 is 0 Å². The van der Waals surface area contributed by atoms with Gasteiger partial charge in [0.25, 0.3) is 0 Å². The number of benzene rings is 2. The van der Waals surface area contributed by atoms with E-state index in [4.69, 9.17) is 0 Å². The minimum atomic E-state index is 0.219. The Morgan fingerprint density at radius 1 is 0.750 bits per heavy atom. The largest absolute Gasteiger partial charge is 0.303 e. The molecule has 2 aromatic carbocycles. The Labute approximate surface area is 147 Å². The molecule has 0 N–H and O–H groups in total. The van der Waals surface area contributed by atoms with E-state index in [1.54, 1.807) is 0 Å². The van der Waals surface area contributed by atoms with Crippen LogP contribution < -0.4 is 0 Å². The maximum atomic E-state index is 2.61. The molecule has 1 heterocycles. The summed E-state index contributed by atoms with van der Waals surface area (Å²) in [6, 6.07) is 18.2. The molecule has 1 fully saturated rings. The minimum absolute atomic E-state index is 0.219. The van der Waals surface area contributed by atoms with Crippen LogP contribution in [0, 0.1) is 0 Å². The topological polar surface area (TPSA) is 3.24 Å². The Bertz CT molecular complexity index is 625. The van der Waals surface area contributed by atoms with Crippen molar-refractivity contribution in [2.75, 3.05) is 19.6 Å². The summed E-state index contributed by atoms with van der Waals surface area (Å²) in [5, 5.41) is 0. The van der Waals surface area contributed by atoms with E-state index in [0.29, 0.717) is 0 Å². The lowest BCUT2D eigenvalue weighted by Gasteiger charge is -2.26. The van der Waals surface area contributed by atoms with Gasteiger partial charge in [-0.2, -0.15) is 0 Å². The fourth-order valence-corrected chi connectivity index (χ4v) is 3.50. The Morgan fingerprint density at radius 2 is 1.29 bits per heavy atom. The average Bonchev–Trinajstić information content (AvgIpc) is 2.61. The number of likely N-dealkylation sites (tertiary alicyclic amines) is 1. The zero-order chi connectivity index (χ0) is 17.0. The maximum absolute atomic E-state index is 2.61. The van der Waals surface area contributed by atoms with Crippen LogP contribution in [0.1, 0.15) is 51.2 Å². The van der Waals surface area contributed by atoms with Gasteiger partial charge in [-0.25, -0.2) is 0 Å². The Balaban J connectivity index is 1.61. The Hall–Kier alpha value is -1.60. The van der Waals surface area contributed by atoms with E-state index in [9.17, 15) is 0 Å². The second kappa shape index (κ2) is 7.53. The fourth-order valence-electron chi connectivity index (χ4n) is 3.50. The van der Waals surface area contributed by atoms with E-state index in [2.05, 4.69) is 74.2 Å². The van der Waals surface area contributed by atoms with Crippen molar-refractivity contribution in [2.24, 2.45) is 0 Å². The Kier molecular flexibility index (Phi) is 5.40. The second-order valence-electron chi connectivity index (χ2n) is 8.18. The summed E-state index contributed by atoms with van der Waals surface area (Å²) in [6.45, 7) is 10.6. The third-order valence-corrected chi connectivity index (χ3v) is 5.20. The lowest BCUT2D eigenvalue weighted by Crippen LogP contribution is -2.31. The molecule has 1 aliphatic heterocycles. The SMILES string of the molecule is CC(C)(C)c1ccc(-c2ccc(CCN3CCCCC3)cc2)cc1. The van der Waals surface area contributed by atoms with E-state index in [1.807, 2.05) is 0 Å². The van der Waals surface area contributed by atoms with Gasteiger partial charge >= 0.3 is 0 Å². The highest BCUT2D eigenvalue weighted by Gasteiger charge is 2.13. The molecule has 0 aliphatic carbocycles. The molecular formula is C23H31N. The van der Waals surface area contributed by atoms with Gasteiger partial charge < -0.3 is 4.90 Å². The van der Waals surface area contributed by atoms with Gasteiger partial charge in [0.05, 0.1) is 0 Å². The van der Waals surface area contributed by atoms with Crippen LogP contribution in [-0.4, -0.2) is 24.5 Å². The van der Waals surface area contributed by atoms with Crippen LogP contribution in [0.25, 0.3) is 11.1 Å². The summed E-state index contributed by atoms with van der Waals surface area (Å²) < 4.78 is 0. The normalized spacial score (nSPS) is 16.3. The van der Waals surface area contributed by atoms with Crippen LogP contribution in [0.15, 0.2) is 48.5 Å². The van der Waals surface area contributed by atoms with Crippen molar-refractivity contribution in [3.05, 3.63) is 59.7 Å². The number of hydrogen-bond donors (Lipinski definition) is 0. The minimum Gasteiger partial charge on any atom is -0.303 e. The van der Waals surface area contributed by atoms with Crippen molar-refractivity contribution >= 4 is 0 Å². The molecule has 0 unspecified atom stereocenters. The molecule has 0 atom stereocenters. The smallest absolute Gasteiger partial charge is 0.00218 e. The van der Waals surface area contributed by atoms with Gasteiger partial charge in [0.1, 0.15) is 0 Å². The molecule has 24 heavy (non-hydrogen) atoms. The first kappa shape index (κ1) is 17.2. The predicted octanol–water partition coefficient (Wildman–Crippen LogP) is 5.68. The van der Waals surface area contributed by atoms with Crippen molar-refractivity contribution in [1.82, 2.24) is 4.90 Å². The van der Waals surface area contributed by atoms with E-state index < -0.39 is 0 Å². The van der Waals surface area contributed by atoms with Crippen molar-refractivity contribution in [1.29, 1.82) is 0 Å².